The number of rotatable bonds is 6. The molecule has 2 aromatic rings. The molecule has 0 unspecified atom stereocenters. The molecule has 0 aliphatic rings. The second-order valence-electron chi connectivity index (χ2n) is 4.20. The first-order chi connectivity index (χ1) is 9.69. The fourth-order valence-electron chi connectivity index (χ4n) is 1.54. The van der Waals surface area contributed by atoms with Crippen molar-refractivity contribution in [2.24, 2.45) is 0 Å². The molecule has 1 aromatic carbocycles. The van der Waals surface area contributed by atoms with Gasteiger partial charge in [0, 0.05) is 12.2 Å². The molecular weight excluding hydrogens is 297 g/mol. The van der Waals surface area contributed by atoms with Crippen molar-refractivity contribution in [3.63, 3.8) is 0 Å². The average molecular weight is 312 g/mol. The van der Waals surface area contributed by atoms with Crippen molar-refractivity contribution in [2.75, 3.05) is 17.2 Å². The van der Waals surface area contributed by atoms with Gasteiger partial charge in [-0.3, -0.25) is 0 Å². The smallest absolute Gasteiger partial charge is 0.244 e. The van der Waals surface area contributed by atoms with Crippen LogP contribution in [-0.4, -0.2) is 21.7 Å². The van der Waals surface area contributed by atoms with Gasteiger partial charge in [-0.1, -0.05) is 36.5 Å². The van der Waals surface area contributed by atoms with Crippen molar-refractivity contribution in [2.45, 2.75) is 19.8 Å². The molecule has 2 N–H and O–H groups in total. The molecule has 2 rings (SSSR count). The molecule has 1 aromatic heterocycles. The van der Waals surface area contributed by atoms with E-state index in [-0.39, 0.29) is 0 Å². The molecule has 106 valence electrons. The second-order valence-corrected chi connectivity index (χ2v) is 5.01. The van der Waals surface area contributed by atoms with Gasteiger partial charge in [0.2, 0.25) is 5.95 Å². The minimum absolute atomic E-state index is 0.486. The first-order valence-corrected chi connectivity index (χ1v) is 7.10. The highest BCUT2D eigenvalue weighted by molar-refractivity contribution is 6.42. The van der Waals surface area contributed by atoms with Gasteiger partial charge in [-0.15, -0.1) is 5.10 Å². The minimum atomic E-state index is 0.486. The van der Waals surface area contributed by atoms with E-state index in [0.29, 0.717) is 21.8 Å². The van der Waals surface area contributed by atoms with Gasteiger partial charge in [-0.2, -0.15) is 10.1 Å². The van der Waals surface area contributed by atoms with Crippen molar-refractivity contribution in [3.05, 3.63) is 34.4 Å². The molecule has 1 heterocycles. The molecule has 7 heteroatoms. The molecule has 0 atom stereocenters. The number of aromatic nitrogens is 3. The lowest BCUT2D eigenvalue weighted by molar-refractivity contribution is 0.819. The van der Waals surface area contributed by atoms with Crippen LogP contribution in [0.5, 0.6) is 0 Å². The molecule has 0 bridgehead atoms. The number of anilines is 3. The number of benzene rings is 1. The van der Waals surface area contributed by atoms with Crippen molar-refractivity contribution < 1.29 is 0 Å². The van der Waals surface area contributed by atoms with Crippen molar-refractivity contribution in [3.8, 4) is 0 Å². The zero-order valence-corrected chi connectivity index (χ0v) is 12.5. The Morgan fingerprint density at radius 3 is 2.80 bits per heavy atom. The van der Waals surface area contributed by atoms with E-state index in [1.165, 1.54) is 0 Å². The summed E-state index contributed by atoms with van der Waals surface area (Å²) in [6, 6.07) is 5.28. The zero-order valence-electron chi connectivity index (χ0n) is 11.0. The van der Waals surface area contributed by atoms with E-state index in [9.17, 15) is 0 Å². The molecule has 0 saturated heterocycles. The first-order valence-electron chi connectivity index (χ1n) is 6.34. The van der Waals surface area contributed by atoms with Gasteiger partial charge < -0.3 is 10.6 Å². The Balaban J connectivity index is 2.05. The number of halogens is 2. The highest BCUT2D eigenvalue weighted by atomic mass is 35.5. The summed E-state index contributed by atoms with van der Waals surface area (Å²) in [6.45, 7) is 2.96. The maximum Gasteiger partial charge on any atom is 0.244 e. The van der Waals surface area contributed by atoms with E-state index in [0.717, 1.165) is 25.1 Å². The molecule has 20 heavy (non-hydrogen) atoms. The van der Waals surface area contributed by atoms with Crippen molar-refractivity contribution >= 4 is 40.7 Å². The van der Waals surface area contributed by atoms with Gasteiger partial charge >= 0.3 is 0 Å². The minimum Gasteiger partial charge on any atom is -0.353 e. The zero-order chi connectivity index (χ0) is 14.4. The summed E-state index contributed by atoms with van der Waals surface area (Å²) >= 11 is 11.8. The predicted molar refractivity (Wildman–Crippen MR) is 83.0 cm³/mol. The van der Waals surface area contributed by atoms with Crippen LogP contribution < -0.4 is 10.6 Å². The van der Waals surface area contributed by atoms with Gasteiger partial charge in [0.1, 0.15) is 0 Å². The Bertz CT molecular complexity index is 576. The van der Waals surface area contributed by atoms with Crippen LogP contribution in [0.15, 0.2) is 24.4 Å². The normalized spacial score (nSPS) is 10.3. The largest absolute Gasteiger partial charge is 0.353 e. The first kappa shape index (κ1) is 14.8. The van der Waals surface area contributed by atoms with Crippen LogP contribution in [-0.2, 0) is 0 Å². The fourth-order valence-corrected chi connectivity index (χ4v) is 1.84. The third-order valence-electron chi connectivity index (χ3n) is 2.56. The van der Waals surface area contributed by atoms with Crippen LogP contribution in [0, 0.1) is 0 Å². The van der Waals surface area contributed by atoms with E-state index in [1.807, 2.05) is 6.07 Å². The fraction of sp³-hybridized carbons (Fsp3) is 0.308. The summed E-state index contributed by atoms with van der Waals surface area (Å²) in [5.74, 6) is 1.10. The Morgan fingerprint density at radius 1 is 1.20 bits per heavy atom. The number of hydrogen-bond donors (Lipinski definition) is 2. The Hall–Kier alpha value is -1.59. The van der Waals surface area contributed by atoms with Gasteiger partial charge in [-0.25, -0.2) is 0 Å². The molecular formula is C13H15Cl2N5. The topological polar surface area (TPSA) is 62.7 Å². The van der Waals surface area contributed by atoms with E-state index < -0.39 is 0 Å². The standard InChI is InChI=1S/C13H15Cl2N5/c1-2-3-6-16-13-19-12(8-17-20-13)18-9-4-5-10(14)11(15)7-9/h4-5,7-8H,2-3,6H2,1H3,(H2,16,18,19,20). The summed E-state index contributed by atoms with van der Waals surface area (Å²) in [5.41, 5.74) is 0.791. The Morgan fingerprint density at radius 2 is 2.05 bits per heavy atom. The quantitative estimate of drug-likeness (QED) is 0.785. The average Bonchev–Trinajstić information content (AvgIpc) is 2.44. The summed E-state index contributed by atoms with van der Waals surface area (Å²) in [7, 11) is 0. The van der Waals surface area contributed by atoms with Crippen LogP contribution in [0.3, 0.4) is 0 Å². The lowest BCUT2D eigenvalue weighted by Crippen LogP contribution is -2.07. The highest BCUT2D eigenvalue weighted by Crippen LogP contribution is 2.26. The van der Waals surface area contributed by atoms with Crippen LogP contribution in [0.25, 0.3) is 0 Å². The molecule has 0 fully saturated rings. The number of nitrogens with zero attached hydrogens (tertiary/aromatic N) is 3. The predicted octanol–water partition coefficient (Wildman–Crippen LogP) is 4.13. The number of unbranched alkanes of at least 4 members (excludes halogenated alkanes) is 1. The number of hydrogen-bond acceptors (Lipinski definition) is 5. The monoisotopic (exact) mass is 311 g/mol. The van der Waals surface area contributed by atoms with Crippen LogP contribution in [0.4, 0.5) is 17.5 Å². The van der Waals surface area contributed by atoms with Crippen molar-refractivity contribution in [1.82, 2.24) is 15.2 Å². The van der Waals surface area contributed by atoms with Gasteiger partial charge in [0.25, 0.3) is 0 Å². The van der Waals surface area contributed by atoms with Crippen LogP contribution in [0.1, 0.15) is 19.8 Å². The highest BCUT2D eigenvalue weighted by Gasteiger charge is 2.03. The molecule has 0 amide bonds. The van der Waals surface area contributed by atoms with Crippen LogP contribution in [0.2, 0.25) is 10.0 Å². The molecule has 5 nitrogen and oxygen atoms in total. The third kappa shape index (κ3) is 4.21. The van der Waals surface area contributed by atoms with E-state index in [2.05, 4.69) is 32.7 Å². The molecule has 0 saturated carbocycles. The van der Waals surface area contributed by atoms with Gasteiger partial charge in [0.15, 0.2) is 5.82 Å². The molecule has 0 aliphatic carbocycles. The van der Waals surface area contributed by atoms with E-state index in [1.54, 1.807) is 18.3 Å². The summed E-state index contributed by atoms with van der Waals surface area (Å²) < 4.78 is 0. The SMILES string of the molecule is CCCCNc1nncc(Nc2ccc(Cl)c(Cl)c2)n1. The lowest BCUT2D eigenvalue weighted by atomic mass is 10.3. The summed E-state index contributed by atoms with van der Waals surface area (Å²) in [4.78, 5) is 4.32. The lowest BCUT2D eigenvalue weighted by Gasteiger charge is -2.08. The Kier molecular flexibility index (Phi) is 5.38. The van der Waals surface area contributed by atoms with Gasteiger partial charge in [0.05, 0.1) is 16.2 Å². The maximum absolute atomic E-state index is 5.96. The number of nitrogens with one attached hydrogen (secondary N) is 2. The molecule has 0 radical (unpaired) electrons. The van der Waals surface area contributed by atoms with E-state index in [4.69, 9.17) is 23.2 Å². The van der Waals surface area contributed by atoms with E-state index >= 15 is 0 Å². The summed E-state index contributed by atoms with van der Waals surface area (Å²) in [5, 5.41) is 15.1. The second kappa shape index (κ2) is 7.26. The molecule has 0 aliphatic heterocycles. The maximum atomic E-state index is 5.96. The van der Waals surface area contributed by atoms with Crippen molar-refractivity contribution in [1.29, 1.82) is 0 Å². The van der Waals surface area contributed by atoms with Gasteiger partial charge in [-0.05, 0) is 24.6 Å². The Labute approximate surface area is 127 Å². The summed E-state index contributed by atoms with van der Waals surface area (Å²) in [6.07, 6.45) is 3.73. The van der Waals surface area contributed by atoms with Crippen LogP contribution >= 0.6 is 23.2 Å². The molecule has 0 spiro atoms. The third-order valence-corrected chi connectivity index (χ3v) is 3.30.